The number of halogens is 3. The van der Waals surface area contributed by atoms with Crippen LogP contribution in [-0.2, 0) is 15.8 Å². The Balaban J connectivity index is 1.40. The number of amides is 1. The topological polar surface area (TPSA) is 95.3 Å². The Kier molecular flexibility index (Phi) is 8.75. The van der Waals surface area contributed by atoms with Crippen LogP contribution in [0.2, 0.25) is 0 Å². The molecule has 1 amide bonds. The molecule has 4 aromatic rings. The van der Waals surface area contributed by atoms with Gasteiger partial charge in [-0.25, -0.2) is 9.67 Å². The zero-order valence-electron chi connectivity index (χ0n) is 21.1. The van der Waals surface area contributed by atoms with Crippen molar-refractivity contribution in [1.29, 1.82) is 0 Å². The van der Waals surface area contributed by atoms with E-state index < -0.39 is 24.3 Å². The van der Waals surface area contributed by atoms with Gasteiger partial charge in [0.05, 0.1) is 18.4 Å². The number of nitrogens with one attached hydrogen (secondary N) is 1. The molecular weight excluding hydrogens is 525 g/mol. The van der Waals surface area contributed by atoms with Crippen molar-refractivity contribution < 1.29 is 32.2 Å². The van der Waals surface area contributed by atoms with Gasteiger partial charge in [0.25, 0.3) is 5.91 Å². The van der Waals surface area contributed by atoms with Crippen LogP contribution in [-0.4, -0.2) is 40.2 Å². The van der Waals surface area contributed by atoms with Gasteiger partial charge in [0, 0.05) is 11.3 Å². The summed E-state index contributed by atoms with van der Waals surface area (Å²) in [6, 6.07) is 17.0. The van der Waals surface area contributed by atoms with Crippen molar-refractivity contribution in [1.82, 2.24) is 14.8 Å². The monoisotopic (exact) mass is 548 g/mol. The Bertz CT molecular complexity index is 1530. The second-order valence-electron chi connectivity index (χ2n) is 8.32. The van der Waals surface area contributed by atoms with Crippen LogP contribution < -0.4 is 14.8 Å². The molecule has 0 aliphatic carbocycles. The second-order valence-corrected chi connectivity index (χ2v) is 8.32. The van der Waals surface area contributed by atoms with Crippen molar-refractivity contribution in [3.05, 3.63) is 108 Å². The molecule has 40 heavy (non-hydrogen) atoms. The van der Waals surface area contributed by atoms with Gasteiger partial charge in [-0.05, 0) is 60.2 Å². The summed E-state index contributed by atoms with van der Waals surface area (Å²) in [5.41, 5.74) is 0.388. The zero-order chi connectivity index (χ0) is 28.5. The van der Waals surface area contributed by atoms with Crippen LogP contribution in [0.25, 0.3) is 17.8 Å². The second kappa shape index (κ2) is 12.6. The predicted octanol–water partition coefficient (Wildman–Crippen LogP) is 5.61. The van der Waals surface area contributed by atoms with Crippen molar-refractivity contribution in [2.75, 3.05) is 19.0 Å². The maximum Gasteiger partial charge on any atom is 0.416 e. The molecular formula is C29H23F3N4O4. The number of ketones is 1. The van der Waals surface area contributed by atoms with E-state index in [0.717, 1.165) is 22.4 Å². The normalized spacial score (nSPS) is 11.6. The highest BCUT2D eigenvalue weighted by molar-refractivity contribution is 6.04. The van der Waals surface area contributed by atoms with Crippen LogP contribution in [0.5, 0.6) is 11.5 Å². The van der Waals surface area contributed by atoms with Crippen LogP contribution >= 0.6 is 0 Å². The Morgan fingerprint density at radius 1 is 1.00 bits per heavy atom. The van der Waals surface area contributed by atoms with Gasteiger partial charge in [0.1, 0.15) is 24.2 Å². The lowest BCUT2D eigenvalue weighted by atomic mass is 10.1. The number of anilines is 1. The van der Waals surface area contributed by atoms with E-state index in [-0.39, 0.29) is 17.2 Å². The van der Waals surface area contributed by atoms with E-state index in [1.54, 1.807) is 55.7 Å². The van der Waals surface area contributed by atoms with Crippen molar-refractivity contribution in [2.24, 2.45) is 0 Å². The highest BCUT2D eigenvalue weighted by atomic mass is 19.4. The maximum atomic E-state index is 13.4. The molecule has 8 nitrogen and oxygen atoms in total. The smallest absolute Gasteiger partial charge is 0.416 e. The number of allylic oxidation sites excluding steroid dienone is 2. The van der Waals surface area contributed by atoms with Crippen LogP contribution in [0.1, 0.15) is 16.7 Å². The highest BCUT2D eigenvalue weighted by Crippen LogP contribution is 2.33. The average molecular weight is 549 g/mol. The van der Waals surface area contributed by atoms with Gasteiger partial charge in [0.2, 0.25) is 0 Å². The molecule has 4 rings (SSSR count). The van der Waals surface area contributed by atoms with Gasteiger partial charge < -0.3 is 14.8 Å². The van der Waals surface area contributed by atoms with Gasteiger partial charge in [-0.2, -0.15) is 18.3 Å². The van der Waals surface area contributed by atoms with Crippen molar-refractivity contribution in [3.63, 3.8) is 0 Å². The summed E-state index contributed by atoms with van der Waals surface area (Å²) >= 11 is 0. The van der Waals surface area contributed by atoms with Crippen LogP contribution in [0.15, 0.2) is 91.5 Å². The molecule has 0 aliphatic heterocycles. The third kappa shape index (κ3) is 7.67. The molecule has 0 aliphatic rings. The van der Waals surface area contributed by atoms with Crippen LogP contribution in [0.3, 0.4) is 0 Å². The molecule has 0 atom stereocenters. The van der Waals surface area contributed by atoms with E-state index >= 15 is 0 Å². The molecule has 204 valence electrons. The fourth-order valence-corrected chi connectivity index (χ4v) is 3.53. The maximum absolute atomic E-state index is 13.4. The zero-order valence-corrected chi connectivity index (χ0v) is 21.1. The summed E-state index contributed by atoms with van der Waals surface area (Å²) < 4.78 is 52.1. The molecule has 11 heteroatoms. The fourth-order valence-electron chi connectivity index (χ4n) is 3.53. The SMILES string of the molecule is COc1ccc(/C=C/C(=O)/C=C/c2ccccc2OCC(=O)Nc2cc(-n3cncn3)cc(C(F)(F)F)c2)cc1. The molecule has 0 unspecified atom stereocenters. The van der Waals surface area contributed by atoms with E-state index in [2.05, 4.69) is 15.4 Å². The Morgan fingerprint density at radius 2 is 1.75 bits per heavy atom. The van der Waals surface area contributed by atoms with E-state index in [9.17, 15) is 22.8 Å². The first-order chi connectivity index (χ1) is 19.2. The quantitative estimate of drug-likeness (QED) is 0.259. The molecule has 0 saturated heterocycles. The molecule has 0 bridgehead atoms. The molecule has 1 heterocycles. The number of ether oxygens (including phenoxy) is 2. The number of alkyl halides is 3. The van der Waals surface area contributed by atoms with Crippen LogP contribution in [0, 0.1) is 0 Å². The standard InChI is InChI=1S/C29H23F3N4O4/c1-39-26-12-7-20(8-13-26)6-10-25(37)11-9-21-4-2-3-5-27(21)40-17-28(38)35-23-14-22(29(30,31)32)15-24(16-23)36-19-33-18-34-36/h2-16,18-19H,17H2,1H3,(H,35,38)/b10-6+,11-9+. The number of hydrogen-bond donors (Lipinski definition) is 1. The predicted molar refractivity (Wildman–Crippen MR) is 143 cm³/mol. The van der Waals surface area contributed by atoms with Gasteiger partial charge in [-0.15, -0.1) is 0 Å². The summed E-state index contributed by atoms with van der Waals surface area (Å²) in [6.45, 7) is -0.481. The molecule has 0 spiro atoms. The Hall–Kier alpha value is -5.19. The number of hydrogen-bond acceptors (Lipinski definition) is 6. The number of carbonyl (C=O) groups is 2. The van der Waals surface area contributed by atoms with E-state index in [1.807, 2.05) is 12.1 Å². The average Bonchev–Trinajstić information content (AvgIpc) is 3.49. The largest absolute Gasteiger partial charge is 0.497 e. The Morgan fingerprint density at radius 3 is 2.45 bits per heavy atom. The molecule has 1 N–H and O–H groups in total. The summed E-state index contributed by atoms with van der Waals surface area (Å²) in [7, 11) is 1.57. The van der Waals surface area contributed by atoms with Crippen LogP contribution in [0.4, 0.5) is 18.9 Å². The summed E-state index contributed by atoms with van der Waals surface area (Å²) in [5, 5.41) is 6.26. The van der Waals surface area contributed by atoms with Crippen molar-refractivity contribution in [3.8, 4) is 17.2 Å². The van der Waals surface area contributed by atoms with Gasteiger partial charge >= 0.3 is 6.18 Å². The molecule has 3 aromatic carbocycles. The van der Waals surface area contributed by atoms with Crippen molar-refractivity contribution >= 4 is 29.5 Å². The van der Waals surface area contributed by atoms with E-state index in [1.165, 1.54) is 30.9 Å². The number of nitrogens with zero attached hydrogens (tertiary/aromatic N) is 3. The van der Waals surface area contributed by atoms with Crippen molar-refractivity contribution in [2.45, 2.75) is 6.18 Å². The molecule has 0 saturated carbocycles. The number of methoxy groups -OCH3 is 1. The number of carbonyl (C=O) groups excluding carboxylic acids is 2. The third-order valence-corrected chi connectivity index (χ3v) is 5.47. The lowest BCUT2D eigenvalue weighted by Gasteiger charge is -2.14. The fraction of sp³-hybridized carbons (Fsp3) is 0.103. The minimum Gasteiger partial charge on any atom is -0.497 e. The van der Waals surface area contributed by atoms with E-state index in [0.29, 0.717) is 17.1 Å². The minimum atomic E-state index is -4.64. The summed E-state index contributed by atoms with van der Waals surface area (Å²) in [5.74, 6) is 0.0745. The number of benzene rings is 3. The van der Waals surface area contributed by atoms with Gasteiger partial charge in [-0.3, -0.25) is 9.59 Å². The van der Waals surface area contributed by atoms with Gasteiger partial charge in [-0.1, -0.05) is 36.4 Å². The minimum absolute atomic E-state index is 0.0738. The molecule has 0 radical (unpaired) electrons. The number of rotatable bonds is 10. The highest BCUT2D eigenvalue weighted by Gasteiger charge is 2.31. The lowest BCUT2D eigenvalue weighted by Crippen LogP contribution is -2.21. The first-order valence-corrected chi connectivity index (χ1v) is 11.8. The first-order valence-electron chi connectivity index (χ1n) is 11.8. The molecule has 0 fully saturated rings. The summed E-state index contributed by atoms with van der Waals surface area (Å²) in [4.78, 5) is 28.6. The lowest BCUT2D eigenvalue weighted by molar-refractivity contribution is -0.137. The Labute approximate surface area is 227 Å². The third-order valence-electron chi connectivity index (χ3n) is 5.47. The number of aromatic nitrogens is 3. The first kappa shape index (κ1) is 27.8. The van der Waals surface area contributed by atoms with E-state index in [4.69, 9.17) is 9.47 Å². The van der Waals surface area contributed by atoms with Gasteiger partial charge in [0.15, 0.2) is 12.4 Å². The molecule has 1 aromatic heterocycles. The summed E-state index contributed by atoms with van der Waals surface area (Å²) in [6.07, 6.45) is 3.77. The number of para-hydroxylation sites is 1.